The maximum absolute atomic E-state index is 12.1. The van der Waals surface area contributed by atoms with E-state index in [0.717, 1.165) is 0 Å². The third-order valence-electron chi connectivity index (χ3n) is 3.31. The quantitative estimate of drug-likeness (QED) is 0.846. The third-order valence-corrected chi connectivity index (χ3v) is 3.31. The molecule has 0 aromatic heterocycles. The molecule has 2 aliphatic rings. The van der Waals surface area contributed by atoms with Crippen LogP contribution in [-0.4, -0.2) is 61.7 Å². The van der Waals surface area contributed by atoms with E-state index in [2.05, 4.69) is 0 Å². The number of nitrogens with zero attached hydrogens (tertiary/aromatic N) is 1. The van der Waals surface area contributed by atoms with E-state index < -0.39 is 6.10 Å². The molecule has 7 nitrogen and oxygen atoms in total. The highest BCUT2D eigenvalue weighted by atomic mass is 16.7. The van der Waals surface area contributed by atoms with Crippen molar-refractivity contribution in [3.8, 4) is 17.2 Å². The van der Waals surface area contributed by atoms with Crippen LogP contribution >= 0.6 is 0 Å². The Balaban J connectivity index is 1.55. The minimum atomic E-state index is -0.651. The molecule has 2 aliphatic heterocycles. The Morgan fingerprint density at radius 2 is 2.24 bits per heavy atom. The molecule has 0 spiro atoms. The van der Waals surface area contributed by atoms with Gasteiger partial charge in [0.15, 0.2) is 18.1 Å². The van der Waals surface area contributed by atoms with Crippen LogP contribution in [0.1, 0.15) is 0 Å². The molecule has 2 heterocycles. The van der Waals surface area contributed by atoms with E-state index in [1.54, 1.807) is 23.1 Å². The summed E-state index contributed by atoms with van der Waals surface area (Å²) in [4.78, 5) is 13.6. The molecule has 7 heteroatoms. The van der Waals surface area contributed by atoms with Crippen LogP contribution in [0.25, 0.3) is 0 Å². The van der Waals surface area contributed by atoms with Crippen molar-refractivity contribution in [3.05, 3.63) is 18.2 Å². The van der Waals surface area contributed by atoms with Gasteiger partial charge in [-0.25, -0.2) is 0 Å². The number of benzene rings is 1. The second-order valence-electron chi connectivity index (χ2n) is 4.87. The van der Waals surface area contributed by atoms with Crippen molar-refractivity contribution in [2.45, 2.75) is 6.10 Å². The van der Waals surface area contributed by atoms with Gasteiger partial charge in [-0.15, -0.1) is 0 Å². The van der Waals surface area contributed by atoms with E-state index in [0.29, 0.717) is 30.4 Å². The highest BCUT2D eigenvalue weighted by Gasteiger charge is 2.21. The Morgan fingerprint density at radius 3 is 3.14 bits per heavy atom. The number of hydrogen-bond acceptors (Lipinski definition) is 6. The summed E-state index contributed by atoms with van der Waals surface area (Å²) in [5.74, 6) is 1.64. The number of hydrogen-bond donors (Lipinski definition) is 1. The fourth-order valence-corrected chi connectivity index (χ4v) is 2.22. The molecule has 1 unspecified atom stereocenters. The maximum atomic E-state index is 12.1. The lowest BCUT2D eigenvalue weighted by Gasteiger charge is -2.21. The van der Waals surface area contributed by atoms with Gasteiger partial charge < -0.3 is 29.0 Å². The first kappa shape index (κ1) is 14.0. The number of carbonyl (C=O) groups excluding carboxylic acids is 1. The predicted octanol–water partition coefficient (Wildman–Crippen LogP) is 0.0138. The second-order valence-corrected chi connectivity index (χ2v) is 4.87. The molecule has 1 atom stereocenters. The van der Waals surface area contributed by atoms with Gasteiger partial charge in [-0.2, -0.15) is 0 Å². The first-order chi connectivity index (χ1) is 10.2. The highest BCUT2D eigenvalue weighted by Crippen LogP contribution is 2.35. The standard InChI is InChI=1S/C14H17NO6/c16-10-6-15(3-4-18-7-10)14(17)8-19-11-1-2-12-13(5-11)21-9-20-12/h1-2,5,10,16H,3-4,6-9H2. The summed E-state index contributed by atoms with van der Waals surface area (Å²) in [6.45, 7) is 1.51. The van der Waals surface area contributed by atoms with Gasteiger partial charge in [0.25, 0.3) is 5.91 Å². The average Bonchev–Trinajstić information content (AvgIpc) is 2.84. The summed E-state index contributed by atoms with van der Waals surface area (Å²) in [5.41, 5.74) is 0. The monoisotopic (exact) mass is 295 g/mol. The van der Waals surface area contributed by atoms with E-state index in [4.69, 9.17) is 18.9 Å². The van der Waals surface area contributed by atoms with Crippen molar-refractivity contribution < 1.29 is 28.8 Å². The molecule has 0 saturated carbocycles. The SMILES string of the molecule is O=C(COc1ccc2c(c1)OCO2)N1CCOCC(O)C1. The second kappa shape index (κ2) is 6.19. The van der Waals surface area contributed by atoms with Crippen LogP contribution in [0.3, 0.4) is 0 Å². The highest BCUT2D eigenvalue weighted by molar-refractivity contribution is 5.77. The zero-order chi connectivity index (χ0) is 14.7. The fourth-order valence-electron chi connectivity index (χ4n) is 2.22. The topological polar surface area (TPSA) is 77.5 Å². The van der Waals surface area contributed by atoms with Gasteiger partial charge >= 0.3 is 0 Å². The predicted molar refractivity (Wildman–Crippen MR) is 71.5 cm³/mol. The molecule has 1 fully saturated rings. The van der Waals surface area contributed by atoms with Gasteiger partial charge in [0.05, 0.1) is 19.3 Å². The molecular formula is C14H17NO6. The Hall–Kier alpha value is -1.99. The van der Waals surface area contributed by atoms with E-state index in [1.807, 2.05) is 0 Å². The van der Waals surface area contributed by atoms with Gasteiger partial charge in [-0.05, 0) is 12.1 Å². The lowest BCUT2D eigenvalue weighted by Crippen LogP contribution is -2.40. The Morgan fingerprint density at radius 1 is 1.38 bits per heavy atom. The Bertz CT molecular complexity index is 520. The summed E-state index contributed by atoms with van der Waals surface area (Å²) in [5, 5.41) is 9.61. The Kier molecular flexibility index (Phi) is 4.12. The molecule has 1 aromatic rings. The summed E-state index contributed by atoms with van der Waals surface area (Å²) in [6, 6.07) is 5.16. The number of rotatable bonds is 3. The minimum Gasteiger partial charge on any atom is -0.484 e. The number of carbonyl (C=O) groups is 1. The average molecular weight is 295 g/mol. The normalized spacial score (nSPS) is 21.0. The number of β-amino-alcohol motifs (C(OH)–C–C–N with tert-alkyl or cyclic N) is 1. The van der Waals surface area contributed by atoms with Crippen molar-refractivity contribution in [2.75, 3.05) is 39.7 Å². The molecule has 0 aliphatic carbocycles. The summed E-state index contributed by atoms with van der Waals surface area (Å²) in [6.07, 6.45) is -0.651. The van der Waals surface area contributed by atoms with Crippen molar-refractivity contribution in [1.82, 2.24) is 4.90 Å². The lowest BCUT2D eigenvalue weighted by molar-refractivity contribution is -0.134. The van der Waals surface area contributed by atoms with Crippen molar-refractivity contribution in [3.63, 3.8) is 0 Å². The van der Waals surface area contributed by atoms with Crippen LogP contribution in [0.15, 0.2) is 18.2 Å². The van der Waals surface area contributed by atoms with Gasteiger partial charge in [0, 0.05) is 19.2 Å². The smallest absolute Gasteiger partial charge is 0.260 e. The van der Waals surface area contributed by atoms with Gasteiger partial charge in [0.2, 0.25) is 6.79 Å². The molecule has 21 heavy (non-hydrogen) atoms. The largest absolute Gasteiger partial charge is 0.484 e. The van der Waals surface area contributed by atoms with Crippen molar-refractivity contribution in [2.24, 2.45) is 0 Å². The number of aliphatic hydroxyl groups is 1. The molecule has 1 saturated heterocycles. The van der Waals surface area contributed by atoms with E-state index in [-0.39, 0.29) is 32.5 Å². The minimum absolute atomic E-state index is 0.0909. The summed E-state index contributed by atoms with van der Waals surface area (Å²) < 4.78 is 21.1. The molecular weight excluding hydrogens is 278 g/mol. The van der Waals surface area contributed by atoms with Gasteiger partial charge in [-0.3, -0.25) is 4.79 Å². The van der Waals surface area contributed by atoms with Crippen LogP contribution < -0.4 is 14.2 Å². The van der Waals surface area contributed by atoms with Crippen LogP contribution in [0.5, 0.6) is 17.2 Å². The maximum Gasteiger partial charge on any atom is 0.260 e. The van der Waals surface area contributed by atoms with Crippen LogP contribution in [0.2, 0.25) is 0 Å². The zero-order valence-electron chi connectivity index (χ0n) is 11.5. The van der Waals surface area contributed by atoms with Gasteiger partial charge in [-0.1, -0.05) is 0 Å². The number of aliphatic hydroxyl groups excluding tert-OH is 1. The molecule has 0 bridgehead atoms. The fraction of sp³-hybridized carbons (Fsp3) is 0.500. The lowest BCUT2D eigenvalue weighted by atomic mass is 10.3. The van der Waals surface area contributed by atoms with Crippen LogP contribution in [0.4, 0.5) is 0 Å². The van der Waals surface area contributed by atoms with Crippen LogP contribution in [-0.2, 0) is 9.53 Å². The summed E-state index contributed by atoms with van der Waals surface area (Å²) in [7, 11) is 0. The molecule has 1 amide bonds. The van der Waals surface area contributed by atoms with Crippen LogP contribution in [0, 0.1) is 0 Å². The number of amides is 1. The molecule has 3 rings (SSSR count). The third kappa shape index (κ3) is 3.37. The van der Waals surface area contributed by atoms with E-state index in [1.165, 1.54) is 0 Å². The number of ether oxygens (including phenoxy) is 4. The molecule has 114 valence electrons. The van der Waals surface area contributed by atoms with E-state index >= 15 is 0 Å². The first-order valence-corrected chi connectivity index (χ1v) is 6.78. The first-order valence-electron chi connectivity index (χ1n) is 6.78. The van der Waals surface area contributed by atoms with Crippen molar-refractivity contribution >= 4 is 5.91 Å². The summed E-state index contributed by atoms with van der Waals surface area (Å²) >= 11 is 0. The van der Waals surface area contributed by atoms with Crippen molar-refractivity contribution in [1.29, 1.82) is 0 Å². The Labute approximate surface area is 122 Å². The molecule has 1 N–H and O–H groups in total. The van der Waals surface area contributed by atoms with Gasteiger partial charge in [0.1, 0.15) is 5.75 Å². The number of fused-ring (bicyclic) bond motifs is 1. The molecule has 0 radical (unpaired) electrons. The zero-order valence-corrected chi connectivity index (χ0v) is 11.5. The van der Waals surface area contributed by atoms with E-state index in [9.17, 15) is 9.90 Å². The molecule has 1 aromatic carbocycles.